The molecular weight excluding hydrogens is 476 g/mol. The molecule has 1 aliphatic heterocycles. The SMILES string of the molecule is CC(C)n1ncn(-c2ccc(N3CCN(CC(C(=O)Nc4ccccc4)c4ccccc4)CC3)cc2)c1=O. The second-order valence-corrected chi connectivity index (χ2v) is 9.94. The van der Waals surface area contributed by atoms with Crippen molar-refractivity contribution in [3.8, 4) is 5.69 Å². The molecule has 1 aliphatic rings. The van der Waals surface area contributed by atoms with Crippen molar-refractivity contribution in [3.63, 3.8) is 0 Å². The van der Waals surface area contributed by atoms with Gasteiger partial charge in [-0.25, -0.2) is 14.0 Å². The van der Waals surface area contributed by atoms with Gasteiger partial charge in [0.25, 0.3) is 0 Å². The summed E-state index contributed by atoms with van der Waals surface area (Å²) in [5, 5.41) is 7.30. The van der Waals surface area contributed by atoms with Crippen LogP contribution in [0.5, 0.6) is 0 Å². The van der Waals surface area contributed by atoms with Crippen LogP contribution in [0.4, 0.5) is 11.4 Å². The summed E-state index contributed by atoms with van der Waals surface area (Å²) in [6.07, 6.45) is 1.58. The molecule has 0 bridgehead atoms. The Kier molecular flexibility index (Phi) is 7.70. The van der Waals surface area contributed by atoms with E-state index in [0.29, 0.717) is 6.54 Å². The molecule has 196 valence electrons. The largest absolute Gasteiger partial charge is 0.369 e. The molecule has 1 aromatic heterocycles. The Labute approximate surface area is 223 Å². The van der Waals surface area contributed by atoms with Crippen LogP contribution in [0.2, 0.25) is 0 Å². The average Bonchev–Trinajstić information content (AvgIpc) is 3.34. The number of piperazine rings is 1. The predicted octanol–water partition coefficient (Wildman–Crippen LogP) is 4.16. The van der Waals surface area contributed by atoms with E-state index in [0.717, 1.165) is 48.8 Å². The molecule has 5 rings (SSSR count). The number of benzene rings is 3. The molecule has 1 atom stereocenters. The highest BCUT2D eigenvalue weighted by Crippen LogP contribution is 2.23. The van der Waals surface area contributed by atoms with Gasteiger partial charge in [0.15, 0.2) is 0 Å². The van der Waals surface area contributed by atoms with Crippen LogP contribution >= 0.6 is 0 Å². The van der Waals surface area contributed by atoms with Crippen molar-refractivity contribution < 1.29 is 4.79 Å². The normalized spacial score (nSPS) is 15.0. The first-order chi connectivity index (χ1) is 18.5. The van der Waals surface area contributed by atoms with E-state index in [-0.39, 0.29) is 23.6 Å². The first-order valence-electron chi connectivity index (χ1n) is 13.1. The van der Waals surface area contributed by atoms with E-state index in [4.69, 9.17) is 0 Å². The Morgan fingerprint density at radius 3 is 2.05 bits per heavy atom. The molecule has 0 radical (unpaired) electrons. The summed E-state index contributed by atoms with van der Waals surface area (Å²) in [6.45, 7) is 8.02. The second-order valence-electron chi connectivity index (χ2n) is 9.94. The average molecular weight is 511 g/mol. The third-order valence-electron chi connectivity index (χ3n) is 7.05. The molecule has 2 heterocycles. The zero-order chi connectivity index (χ0) is 26.5. The molecule has 0 spiro atoms. The number of hydrogen-bond donors (Lipinski definition) is 1. The number of para-hydroxylation sites is 1. The molecule has 1 fully saturated rings. The summed E-state index contributed by atoms with van der Waals surface area (Å²) in [7, 11) is 0. The van der Waals surface area contributed by atoms with E-state index in [1.54, 1.807) is 10.9 Å². The first kappa shape index (κ1) is 25.5. The summed E-state index contributed by atoms with van der Waals surface area (Å²) in [5.41, 5.74) is 3.63. The molecule has 1 amide bonds. The van der Waals surface area contributed by atoms with Gasteiger partial charge in [-0.15, -0.1) is 0 Å². The predicted molar refractivity (Wildman–Crippen MR) is 151 cm³/mol. The molecule has 1 saturated heterocycles. The van der Waals surface area contributed by atoms with Crippen molar-refractivity contribution in [2.45, 2.75) is 25.8 Å². The lowest BCUT2D eigenvalue weighted by Crippen LogP contribution is -2.48. The Balaban J connectivity index is 1.22. The van der Waals surface area contributed by atoms with Crippen molar-refractivity contribution in [1.29, 1.82) is 0 Å². The van der Waals surface area contributed by atoms with Crippen LogP contribution in [0.15, 0.2) is 96.1 Å². The summed E-state index contributed by atoms with van der Waals surface area (Å²) in [4.78, 5) is 30.6. The van der Waals surface area contributed by atoms with Crippen molar-refractivity contribution >= 4 is 17.3 Å². The zero-order valence-electron chi connectivity index (χ0n) is 21.9. The lowest BCUT2D eigenvalue weighted by molar-refractivity contribution is -0.118. The molecule has 1 N–H and O–H groups in total. The van der Waals surface area contributed by atoms with Gasteiger partial charge >= 0.3 is 5.69 Å². The molecule has 0 aliphatic carbocycles. The minimum Gasteiger partial charge on any atom is -0.369 e. The minimum absolute atomic E-state index is 0.0106. The number of aromatic nitrogens is 3. The highest BCUT2D eigenvalue weighted by Gasteiger charge is 2.26. The molecular formula is C30H34N6O2. The highest BCUT2D eigenvalue weighted by molar-refractivity contribution is 5.96. The third-order valence-corrected chi connectivity index (χ3v) is 7.05. The lowest BCUT2D eigenvalue weighted by Gasteiger charge is -2.37. The first-order valence-corrected chi connectivity index (χ1v) is 13.1. The van der Waals surface area contributed by atoms with Crippen LogP contribution in [0.25, 0.3) is 5.69 Å². The monoisotopic (exact) mass is 510 g/mol. The minimum atomic E-state index is -0.257. The lowest BCUT2D eigenvalue weighted by atomic mass is 9.97. The fourth-order valence-electron chi connectivity index (χ4n) is 4.89. The fraction of sp³-hybridized carbons (Fsp3) is 0.300. The molecule has 8 nitrogen and oxygen atoms in total. The number of nitrogens with zero attached hydrogens (tertiary/aromatic N) is 5. The van der Waals surface area contributed by atoms with Gasteiger partial charge in [-0.3, -0.25) is 9.69 Å². The van der Waals surface area contributed by atoms with E-state index < -0.39 is 0 Å². The number of amides is 1. The number of rotatable bonds is 8. The number of carbonyl (C=O) groups is 1. The van der Waals surface area contributed by atoms with Crippen molar-refractivity contribution in [2.75, 3.05) is 42.9 Å². The van der Waals surface area contributed by atoms with Crippen LogP contribution in [-0.2, 0) is 4.79 Å². The Hall–Kier alpha value is -4.17. The standard InChI is InChI=1S/C30H34N6O2/c1-23(2)36-30(38)35(22-31-36)27-15-13-26(14-16-27)34-19-17-33(18-20-34)21-28(24-9-5-3-6-10-24)29(37)32-25-11-7-4-8-12-25/h3-16,22-23,28H,17-21H2,1-2H3,(H,32,37). The van der Waals surface area contributed by atoms with Crippen LogP contribution in [0.3, 0.4) is 0 Å². The maximum absolute atomic E-state index is 13.3. The summed E-state index contributed by atoms with van der Waals surface area (Å²) in [5.74, 6) is -0.247. The van der Waals surface area contributed by atoms with Crippen LogP contribution in [0.1, 0.15) is 31.4 Å². The number of nitrogens with one attached hydrogen (secondary N) is 1. The van der Waals surface area contributed by atoms with Crippen molar-refractivity contribution in [1.82, 2.24) is 19.2 Å². The van der Waals surface area contributed by atoms with Gasteiger partial charge in [0.05, 0.1) is 17.6 Å². The number of carbonyl (C=O) groups excluding carboxylic acids is 1. The van der Waals surface area contributed by atoms with Gasteiger partial charge < -0.3 is 10.2 Å². The molecule has 38 heavy (non-hydrogen) atoms. The molecule has 3 aromatic carbocycles. The maximum atomic E-state index is 13.3. The van der Waals surface area contributed by atoms with Crippen LogP contribution in [-0.4, -0.2) is 57.9 Å². The van der Waals surface area contributed by atoms with Crippen LogP contribution < -0.4 is 15.9 Å². The Bertz CT molecular complexity index is 1390. The van der Waals surface area contributed by atoms with E-state index in [1.165, 1.54) is 4.68 Å². The number of anilines is 2. The molecule has 0 saturated carbocycles. The Morgan fingerprint density at radius 1 is 0.842 bits per heavy atom. The van der Waals surface area contributed by atoms with E-state index in [2.05, 4.69) is 32.3 Å². The van der Waals surface area contributed by atoms with Gasteiger partial charge in [0.1, 0.15) is 6.33 Å². The smallest absolute Gasteiger partial charge is 0.350 e. The van der Waals surface area contributed by atoms with E-state index in [9.17, 15) is 9.59 Å². The zero-order valence-corrected chi connectivity index (χ0v) is 21.9. The Morgan fingerprint density at radius 2 is 1.45 bits per heavy atom. The molecule has 4 aromatic rings. The summed E-state index contributed by atoms with van der Waals surface area (Å²) in [6, 6.07) is 27.7. The fourth-order valence-corrected chi connectivity index (χ4v) is 4.89. The highest BCUT2D eigenvalue weighted by atomic mass is 16.2. The van der Waals surface area contributed by atoms with Crippen molar-refractivity contribution in [2.24, 2.45) is 0 Å². The van der Waals surface area contributed by atoms with E-state index in [1.807, 2.05) is 86.6 Å². The van der Waals surface area contributed by atoms with Gasteiger partial charge in [-0.2, -0.15) is 5.10 Å². The molecule has 8 heteroatoms. The van der Waals surface area contributed by atoms with Gasteiger partial charge in [-0.1, -0.05) is 48.5 Å². The summed E-state index contributed by atoms with van der Waals surface area (Å²) >= 11 is 0. The van der Waals surface area contributed by atoms with E-state index >= 15 is 0 Å². The second kappa shape index (κ2) is 11.5. The topological polar surface area (TPSA) is 75.4 Å². The number of hydrogen-bond acceptors (Lipinski definition) is 5. The molecule has 1 unspecified atom stereocenters. The van der Waals surface area contributed by atoms with Crippen molar-refractivity contribution in [3.05, 3.63) is 107 Å². The van der Waals surface area contributed by atoms with Gasteiger partial charge in [0.2, 0.25) is 5.91 Å². The maximum Gasteiger partial charge on any atom is 0.350 e. The quantitative estimate of drug-likeness (QED) is 0.385. The van der Waals surface area contributed by atoms with Crippen LogP contribution in [0, 0.1) is 0 Å². The van der Waals surface area contributed by atoms with Gasteiger partial charge in [0, 0.05) is 44.1 Å². The third kappa shape index (κ3) is 5.70. The van der Waals surface area contributed by atoms with Gasteiger partial charge in [-0.05, 0) is 55.8 Å². The summed E-state index contributed by atoms with van der Waals surface area (Å²) < 4.78 is 3.06.